The maximum atomic E-state index is 12.3. The zero-order chi connectivity index (χ0) is 14.6. The number of rotatable bonds is 6. The molecule has 1 aromatic rings. The molecule has 1 heterocycles. The molecule has 0 spiro atoms. The number of methoxy groups -OCH3 is 1. The Bertz CT molecular complexity index is 545. The molecule has 1 fully saturated rings. The van der Waals surface area contributed by atoms with Crippen molar-refractivity contribution in [2.45, 2.75) is 23.3 Å². The molecule has 1 saturated heterocycles. The Kier molecular flexibility index (Phi) is 7.09. The van der Waals surface area contributed by atoms with E-state index in [0.29, 0.717) is 13.2 Å². The van der Waals surface area contributed by atoms with Crippen molar-refractivity contribution >= 4 is 38.4 Å². The van der Waals surface area contributed by atoms with Gasteiger partial charge in [0.05, 0.1) is 17.0 Å². The van der Waals surface area contributed by atoms with Gasteiger partial charge in [-0.2, -0.15) is 0 Å². The van der Waals surface area contributed by atoms with Gasteiger partial charge in [-0.15, -0.1) is 12.4 Å². The number of sulfonamides is 1. The molecule has 0 aliphatic carbocycles. The Morgan fingerprint density at radius 1 is 1.38 bits per heavy atom. The number of ether oxygens (including phenoxy) is 1. The van der Waals surface area contributed by atoms with Crippen molar-refractivity contribution in [3.8, 4) is 0 Å². The maximum absolute atomic E-state index is 12.3. The third-order valence-corrected chi connectivity index (χ3v) is 5.42. The molecule has 1 aliphatic rings. The fourth-order valence-corrected chi connectivity index (χ4v) is 3.79. The first kappa shape index (κ1) is 18.9. The monoisotopic (exact) mass is 398 g/mol. The van der Waals surface area contributed by atoms with Crippen molar-refractivity contribution in [1.82, 2.24) is 10.0 Å². The van der Waals surface area contributed by atoms with Crippen LogP contribution in [0, 0.1) is 0 Å². The normalized spacial score (nSPS) is 22.0. The summed E-state index contributed by atoms with van der Waals surface area (Å²) in [5.41, 5.74) is -0.294. The quantitative estimate of drug-likeness (QED) is 0.767. The van der Waals surface area contributed by atoms with E-state index in [2.05, 4.69) is 26.0 Å². The summed E-state index contributed by atoms with van der Waals surface area (Å²) >= 11 is 3.29. The molecule has 0 aromatic heterocycles. The summed E-state index contributed by atoms with van der Waals surface area (Å²) in [5, 5.41) is 3.34. The van der Waals surface area contributed by atoms with E-state index in [9.17, 15) is 8.42 Å². The van der Waals surface area contributed by atoms with Crippen molar-refractivity contribution in [2.24, 2.45) is 0 Å². The zero-order valence-electron chi connectivity index (χ0n) is 11.8. The van der Waals surface area contributed by atoms with Crippen LogP contribution < -0.4 is 10.0 Å². The SMILES string of the molecule is COCC1(CNS(=O)(=O)c2ccc(Br)cc2)CCCN1.Cl. The standard InChI is InChI=1S/C13H19BrN2O3S.ClH/c1-19-10-13(7-2-8-15-13)9-16-20(17,18)12-5-3-11(14)4-6-12;/h3-6,15-16H,2,7-10H2,1H3;1H. The highest BCUT2D eigenvalue weighted by atomic mass is 79.9. The summed E-state index contributed by atoms with van der Waals surface area (Å²) in [7, 11) is -1.86. The summed E-state index contributed by atoms with van der Waals surface area (Å²) in [5.74, 6) is 0. The molecule has 1 aliphatic heterocycles. The summed E-state index contributed by atoms with van der Waals surface area (Å²) in [6.07, 6.45) is 1.94. The van der Waals surface area contributed by atoms with Crippen molar-refractivity contribution in [3.63, 3.8) is 0 Å². The topological polar surface area (TPSA) is 67.4 Å². The largest absolute Gasteiger partial charge is 0.383 e. The third kappa shape index (κ3) is 4.91. The fourth-order valence-electron chi connectivity index (χ4n) is 2.40. The van der Waals surface area contributed by atoms with Crippen molar-refractivity contribution in [2.75, 3.05) is 26.8 Å². The summed E-state index contributed by atoms with van der Waals surface area (Å²) in [6, 6.07) is 6.59. The summed E-state index contributed by atoms with van der Waals surface area (Å²) < 4.78 is 33.2. The van der Waals surface area contributed by atoms with Gasteiger partial charge in [0.25, 0.3) is 0 Å². The highest BCUT2D eigenvalue weighted by molar-refractivity contribution is 9.10. The average Bonchev–Trinajstić information content (AvgIpc) is 2.87. The van der Waals surface area contributed by atoms with E-state index < -0.39 is 10.0 Å². The Balaban J connectivity index is 0.00000220. The first-order valence-electron chi connectivity index (χ1n) is 6.47. The molecule has 2 rings (SSSR count). The molecular weight excluding hydrogens is 380 g/mol. The molecule has 21 heavy (non-hydrogen) atoms. The van der Waals surface area contributed by atoms with Gasteiger partial charge >= 0.3 is 0 Å². The Labute approximate surface area is 140 Å². The second-order valence-electron chi connectivity index (χ2n) is 5.02. The van der Waals surface area contributed by atoms with Gasteiger partial charge < -0.3 is 10.1 Å². The van der Waals surface area contributed by atoms with Crippen LogP contribution in [0.3, 0.4) is 0 Å². The van der Waals surface area contributed by atoms with Gasteiger partial charge in [0.2, 0.25) is 10.0 Å². The van der Waals surface area contributed by atoms with E-state index in [-0.39, 0.29) is 22.8 Å². The fraction of sp³-hybridized carbons (Fsp3) is 0.538. The van der Waals surface area contributed by atoms with Crippen LogP contribution in [0.2, 0.25) is 0 Å². The first-order valence-corrected chi connectivity index (χ1v) is 8.74. The molecule has 0 bridgehead atoms. The minimum Gasteiger partial charge on any atom is -0.383 e. The van der Waals surface area contributed by atoms with Gasteiger partial charge in [-0.3, -0.25) is 0 Å². The van der Waals surface area contributed by atoms with Crippen LogP contribution in [0.25, 0.3) is 0 Å². The van der Waals surface area contributed by atoms with Crippen molar-refractivity contribution in [3.05, 3.63) is 28.7 Å². The highest BCUT2D eigenvalue weighted by Crippen LogP contribution is 2.20. The van der Waals surface area contributed by atoms with Gasteiger partial charge in [0.15, 0.2) is 0 Å². The molecule has 1 aromatic carbocycles. The minimum absolute atomic E-state index is 0. The molecule has 0 radical (unpaired) electrons. The molecule has 2 N–H and O–H groups in total. The lowest BCUT2D eigenvalue weighted by molar-refractivity contribution is 0.122. The Hall–Kier alpha value is -0.180. The lowest BCUT2D eigenvalue weighted by atomic mass is 9.99. The summed E-state index contributed by atoms with van der Waals surface area (Å²) in [6.45, 7) is 1.72. The van der Waals surface area contributed by atoms with Crippen molar-refractivity contribution in [1.29, 1.82) is 0 Å². The van der Waals surface area contributed by atoms with E-state index in [1.807, 2.05) is 0 Å². The van der Waals surface area contributed by atoms with Crippen LogP contribution in [0.1, 0.15) is 12.8 Å². The van der Waals surface area contributed by atoms with E-state index in [0.717, 1.165) is 23.9 Å². The van der Waals surface area contributed by atoms with Crippen LogP contribution in [-0.4, -0.2) is 40.8 Å². The molecule has 8 heteroatoms. The van der Waals surface area contributed by atoms with Gasteiger partial charge in [0.1, 0.15) is 0 Å². The smallest absolute Gasteiger partial charge is 0.240 e. The molecule has 120 valence electrons. The summed E-state index contributed by atoms with van der Waals surface area (Å²) in [4.78, 5) is 0.270. The predicted molar refractivity (Wildman–Crippen MR) is 88.4 cm³/mol. The maximum Gasteiger partial charge on any atom is 0.240 e. The van der Waals surface area contributed by atoms with Crippen LogP contribution in [0.4, 0.5) is 0 Å². The third-order valence-electron chi connectivity index (χ3n) is 3.48. The minimum atomic E-state index is -3.49. The lowest BCUT2D eigenvalue weighted by Crippen LogP contribution is -2.52. The number of benzene rings is 1. The van der Waals surface area contributed by atoms with E-state index in [4.69, 9.17) is 4.74 Å². The Morgan fingerprint density at radius 3 is 2.57 bits per heavy atom. The van der Waals surface area contributed by atoms with Gasteiger partial charge in [-0.25, -0.2) is 13.1 Å². The molecule has 0 saturated carbocycles. The second-order valence-corrected chi connectivity index (χ2v) is 7.70. The molecule has 1 unspecified atom stereocenters. The number of hydrogen-bond acceptors (Lipinski definition) is 4. The van der Waals surface area contributed by atoms with Crippen LogP contribution in [-0.2, 0) is 14.8 Å². The lowest BCUT2D eigenvalue weighted by Gasteiger charge is -2.28. The van der Waals surface area contributed by atoms with Gasteiger partial charge in [-0.05, 0) is 43.7 Å². The van der Waals surface area contributed by atoms with Crippen molar-refractivity contribution < 1.29 is 13.2 Å². The molecule has 5 nitrogen and oxygen atoms in total. The average molecular weight is 400 g/mol. The number of nitrogens with one attached hydrogen (secondary N) is 2. The predicted octanol–water partition coefficient (Wildman–Crippen LogP) is 1.92. The van der Waals surface area contributed by atoms with Crippen LogP contribution in [0.15, 0.2) is 33.6 Å². The van der Waals surface area contributed by atoms with Crippen LogP contribution in [0.5, 0.6) is 0 Å². The Morgan fingerprint density at radius 2 is 2.05 bits per heavy atom. The highest BCUT2D eigenvalue weighted by Gasteiger charge is 2.34. The van der Waals surface area contributed by atoms with Gasteiger partial charge in [0, 0.05) is 18.1 Å². The number of halogens is 2. The zero-order valence-corrected chi connectivity index (χ0v) is 15.0. The van der Waals surface area contributed by atoms with Gasteiger partial charge in [-0.1, -0.05) is 15.9 Å². The van der Waals surface area contributed by atoms with E-state index in [1.165, 1.54) is 0 Å². The second kappa shape index (κ2) is 7.89. The molecule has 0 amide bonds. The van der Waals surface area contributed by atoms with Crippen LogP contribution >= 0.6 is 28.3 Å². The number of hydrogen-bond donors (Lipinski definition) is 2. The van der Waals surface area contributed by atoms with E-state index >= 15 is 0 Å². The first-order chi connectivity index (χ1) is 9.47. The molecule has 1 atom stereocenters. The molecular formula is C13H20BrClN2O3S. The van der Waals surface area contributed by atoms with E-state index in [1.54, 1.807) is 31.4 Å².